The molecule has 0 fully saturated rings. The number of carbonyl (C=O) groups excluding carboxylic acids is 1. The van der Waals surface area contributed by atoms with Gasteiger partial charge in [-0.3, -0.25) is 9.78 Å². The lowest BCUT2D eigenvalue weighted by atomic mass is 10.2. The van der Waals surface area contributed by atoms with Crippen LogP contribution in [0.3, 0.4) is 0 Å². The van der Waals surface area contributed by atoms with Crippen molar-refractivity contribution in [2.45, 2.75) is 6.61 Å². The number of aromatic nitrogens is 1. The maximum Gasteiger partial charge on any atom is 0.258 e. The Morgan fingerprint density at radius 1 is 1.26 bits per heavy atom. The highest BCUT2D eigenvalue weighted by molar-refractivity contribution is 9.10. The molecule has 0 radical (unpaired) electrons. The SMILES string of the molecule is O=C(Nc1cccc(OCc2cccnc2)c1)c1coc(Br)c1. The summed E-state index contributed by atoms with van der Waals surface area (Å²) in [5.74, 6) is 0.420. The van der Waals surface area contributed by atoms with E-state index in [2.05, 4.69) is 26.2 Å². The van der Waals surface area contributed by atoms with Gasteiger partial charge in [-0.2, -0.15) is 0 Å². The molecule has 1 N–H and O–H groups in total. The van der Waals surface area contributed by atoms with Crippen molar-refractivity contribution in [2.24, 2.45) is 0 Å². The van der Waals surface area contributed by atoms with Gasteiger partial charge in [-0.1, -0.05) is 12.1 Å². The molecule has 116 valence electrons. The number of carbonyl (C=O) groups is 1. The minimum Gasteiger partial charge on any atom is -0.489 e. The third kappa shape index (κ3) is 4.20. The van der Waals surface area contributed by atoms with Crippen LogP contribution in [0.4, 0.5) is 5.69 Å². The van der Waals surface area contributed by atoms with Gasteiger partial charge in [-0.05, 0) is 34.1 Å². The van der Waals surface area contributed by atoms with Crippen LogP contribution in [0.5, 0.6) is 5.75 Å². The molecule has 2 heterocycles. The molecule has 5 nitrogen and oxygen atoms in total. The molecule has 0 bridgehead atoms. The Kier molecular flexibility index (Phi) is 4.73. The second-order valence-electron chi connectivity index (χ2n) is 4.77. The molecule has 0 atom stereocenters. The predicted molar refractivity (Wildman–Crippen MR) is 89.4 cm³/mol. The zero-order valence-electron chi connectivity index (χ0n) is 12.0. The first-order chi connectivity index (χ1) is 11.2. The molecule has 1 aromatic carbocycles. The number of furan rings is 1. The van der Waals surface area contributed by atoms with E-state index in [1.165, 1.54) is 6.26 Å². The third-order valence-corrected chi connectivity index (χ3v) is 3.47. The van der Waals surface area contributed by atoms with E-state index in [1.807, 2.05) is 24.3 Å². The van der Waals surface area contributed by atoms with E-state index in [0.717, 1.165) is 5.56 Å². The second kappa shape index (κ2) is 7.11. The molecule has 0 aliphatic carbocycles. The summed E-state index contributed by atoms with van der Waals surface area (Å²) in [5, 5.41) is 2.80. The third-order valence-electron chi connectivity index (χ3n) is 3.05. The fraction of sp³-hybridized carbons (Fsp3) is 0.0588. The first kappa shape index (κ1) is 15.3. The number of halogens is 1. The van der Waals surface area contributed by atoms with Crippen LogP contribution in [0.15, 0.2) is 70.2 Å². The monoisotopic (exact) mass is 372 g/mol. The van der Waals surface area contributed by atoms with Crippen LogP contribution in [-0.4, -0.2) is 10.9 Å². The summed E-state index contributed by atoms with van der Waals surface area (Å²) in [6.07, 6.45) is 4.86. The van der Waals surface area contributed by atoms with E-state index in [0.29, 0.717) is 28.3 Å². The van der Waals surface area contributed by atoms with Gasteiger partial charge in [0.2, 0.25) is 0 Å². The van der Waals surface area contributed by atoms with Crippen LogP contribution in [0.2, 0.25) is 0 Å². The molecule has 3 rings (SSSR count). The lowest BCUT2D eigenvalue weighted by molar-refractivity contribution is 0.102. The van der Waals surface area contributed by atoms with Gasteiger partial charge in [-0.25, -0.2) is 0 Å². The molecule has 23 heavy (non-hydrogen) atoms. The highest BCUT2D eigenvalue weighted by Crippen LogP contribution is 2.20. The highest BCUT2D eigenvalue weighted by atomic mass is 79.9. The Labute approximate surface area is 141 Å². The molecular weight excluding hydrogens is 360 g/mol. The number of hydrogen-bond acceptors (Lipinski definition) is 4. The average Bonchev–Trinajstić information content (AvgIpc) is 3.01. The first-order valence-electron chi connectivity index (χ1n) is 6.88. The summed E-state index contributed by atoms with van der Waals surface area (Å²) in [6.45, 7) is 0.417. The minimum atomic E-state index is -0.246. The Hall–Kier alpha value is -2.60. The van der Waals surface area contributed by atoms with Gasteiger partial charge in [0.15, 0.2) is 4.67 Å². The number of anilines is 1. The molecule has 0 saturated heterocycles. The fourth-order valence-electron chi connectivity index (χ4n) is 1.95. The van der Waals surface area contributed by atoms with Crippen molar-refractivity contribution in [2.75, 3.05) is 5.32 Å². The molecule has 0 spiro atoms. The van der Waals surface area contributed by atoms with Crippen molar-refractivity contribution >= 4 is 27.5 Å². The lowest BCUT2D eigenvalue weighted by Crippen LogP contribution is -2.10. The zero-order valence-corrected chi connectivity index (χ0v) is 13.6. The standard InChI is InChI=1S/C17H13BrN2O3/c18-16-7-13(11-23-16)17(21)20-14-4-1-5-15(8-14)22-10-12-3-2-6-19-9-12/h1-9,11H,10H2,(H,20,21). The van der Waals surface area contributed by atoms with Crippen LogP contribution in [0, 0.1) is 0 Å². The number of pyridine rings is 1. The Balaban J connectivity index is 1.64. The topological polar surface area (TPSA) is 64.4 Å². The van der Waals surface area contributed by atoms with Crippen molar-refractivity contribution in [1.29, 1.82) is 0 Å². The van der Waals surface area contributed by atoms with Gasteiger partial charge >= 0.3 is 0 Å². The van der Waals surface area contributed by atoms with E-state index < -0.39 is 0 Å². The summed E-state index contributed by atoms with van der Waals surface area (Å²) < 4.78 is 11.3. The number of nitrogens with zero attached hydrogens (tertiary/aromatic N) is 1. The number of nitrogens with one attached hydrogen (secondary N) is 1. The number of amides is 1. The van der Waals surface area contributed by atoms with Gasteiger partial charge in [0.1, 0.15) is 18.6 Å². The number of ether oxygens (including phenoxy) is 1. The molecule has 1 amide bonds. The van der Waals surface area contributed by atoms with E-state index in [-0.39, 0.29) is 5.91 Å². The van der Waals surface area contributed by atoms with E-state index >= 15 is 0 Å². The van der Waals surface area contributed by atoms with E-state index in [9.17, 15) is 4.79 Å². The molecule has 6 heteroatoms. The molecule has 0 aliphatic heterocycles. The van der Waals surface area contributed by atoms with Crippen molar-refractivity contribution in [3.8, 4) is 5.75 Å². The van der Waals surface area contributed by atoms with Gasteiger partial charge < -0.3 is 14.5 Å². The van der Waals surface area contributed by atoms with Gasteiger partial charge in [0.25, 0.3) is 5.91 Å². The Morgan fingerprint density at radius 2 is 2.17 bits per heavy atom. The Bertz CT molecular complexity index is 802. The summed E-state index contributed by atoms with van der Waals surface area (Å²) in [7, 11) is 0. The van der Waals surface area contributed by atoms with Crippen molar-refractivity contribution in [1.82, 2.24) is 4.98 Å². The number of benzene rings is 1. The van der Waals surface area contributed by atoms with Gasteiger partial charge in [0.05, 0.1) is 5.56 Å². The highest BCUT2D eigenvalue weighted by Gasteiger charge is 2.09. The summed E-state index contributed by atoms with van der Waals surface area (Å²) in [4.78, 5) is 16.1. The van der Waals surface area contributed by atoms with Crippen LogP contribution in [-0.2, 0) is 6.61 Å². The van der Waals surface area contributed by atoms with Crippen LogP contribution in [0.25, 0.3) is 0 Å². The quantitative estimate of drug-likeness (QED) is 0.726. The maximum absolute atomic E-state index is 12.1. The molecule has 3 aromatic rings. The fourth-order valence-corrected chi connectivity index (χ4v) is 2.29. The Morgan fingerprint density at radius 3 is 2.91 bits per heavy atom. The predicted octanol–water partition coefficient (Wildman–Crippen LogP) is 4.27. The second-order valence-corrected chi connectivity index (χ2v) is 5.55. The van der Waals surface area contributed by atoms with Crippen LogP contribution in [0.1, 0.15) is 15.9 Å². The normalized spacial score (nSPS) is 10.3. The maximum atomic E-state index is 12.1. The molecule has 0 unspecified atom stereocenters. The number of hydrogen-bond donors (Lipinski definition) is 1. The van der Waals surface area contributed by atoms with Crippen molar-refractivity contribution < 1.29 is 13.9 Å². The molecule has 0 saturated carbocycles. The molecule has 2 aromatic heterocycles. The summed E-state index contributed by atoms with van der Waals surface area (Å²) in [5.41, 5.74) is 2.07. The van der Waals surface area contributed by atoms with Gasteiger partial charge in [-0.15, -0.1) is 0 Å². The first-order valence-corrected chi connectivity index (χ1v) is 7.67. The van der Waals surface area contributed by atoms with Crippen molar-refractivity contribution in [3.05, 3.63) is 76.9 Å². The van der Waals surface area contributed by atoms with Crippen molar-refractivity contribution in [3.63, 3.8) is 0 Å². The number of rotatable bonds is 5. The summed E-state index contributed by atoms with van der Waals surface area (Å²) >= 11 is 3.17. The van der Waals surface area contributed by atoms with Gasteiger partial charge in [0, 0.05) is 35.8 Å². The molecule has 0 aliphatic rings. The smallest absolute Gasteiger partial charge is 0.258 e. The van der Waals surface area contributed by atoms with Crippen LogP contribution >= 0.6 is 15.9 Å². The van der Waals surface area contributed by atoms with E-state index in [4.69, 9.17) is 9.15 Å². The molecular formula is C17H13BrN2O3. The largest absolute Gasteiger partial charge is 0.489 e. The summed E-state index contributed by atoms with van der Waals surface area (Å²) in [6, 6.07) is 12.6. The average molecular weight is 373 g/mol. The lowest BCUT2D eigenvalue weighted by Gasteiger charge is -2.08. The van der Waals surface area contributed by atoms with E-state index in [1.54, 1.807) is 30.6 Å². The minimum absolute atomic E-state index is 0.246. The van der Waals surface area contributed by atoms with Crippen LogP contribution < -0.4 is 10.1 Å². The zero-order chi connectivity index (χ0) is 16.1.